The van der Waals surface area contributed by atoms with Gasteiger partial charge >= 0.3 is 0 Å². The van der Waals surface area contributed by atoms with Gasteiger partial charge in [0.15, 0.2) is 17.3 Å². The minimum Gasteiger partial charge on any atom is -0.493 e. The van der Waals surface area contributed by atoms with Gasteiger partial charge < -0.3 is 24.8 Å². The van der Waals surface area contributed by atoms with Gasteiger partial charge in [-0.3, -0.25) is 0 Å². The predicted octanol–water partition coefficient (Wildman–Crippen LogP) is 4.32. The number of nitriles is 1. The summed E-state index contributed by atoms with van der Waals surface area (Å²) in [4.78, 5) is 17.5. The van der Waals surface area contributed by atoms with E-state index in [1.54, 1.807) is 63.9 Å². The van der Waals surface area contributed by atoms with E-state index in [4.69, 9.17) is 19.5 Å². The monoisotopic (exact) mass is 455 g/mol. The lowest BCUT2D eigenvalue weighted by molar-refractivity contribution is 0.324. The summed E-state index contributed by atoms with van der Waals surface area (Å²) in [6.07, 6.45) is 3.08. The van der Waals surface area contributed by atoms with Gasteiger partial charge in [0.1, 0.15) is 12.1 Å². The van der Waals surface area contributed by atoms with E-state index < -0.39 is 0 Å². The van der Waals surface area contributed by atoms with Crippen LogP contribution >= 0.6 is 0 Å². The number of rotatable bonds is 8. The molecule has 2 aromatic carbocycles. The predicted molar refractivity (Wildman–Crippen MR) is 127 cm³/mol. The third-order valence-electron chi connectivity index (χ3n) is 4.80. The molecule has 10 nitrogen and oxygen atoms in total. The first-order valence-corrected chi connectivity index (χ1v) is 10.1. The van der Waals surface area contributed by atoms with Crippen LogP contribution in [0.25, 0.3) is 11.4 Å². The number of anilines is 4. The fourth-order valence-corrected chi connectivity index (χ4v) is 3.26. The van der Waals surface area contributed by atoms with Crippen molar-refractivity contribution in [2.75, 3.05) is 32.0 Å². The number of nitrogens with zero attached hydrogens (tertiary/aromatic N) is 5. The first-order chi connectivity index (χ1) is 16.6. The Hall–Kier alpha value is -4.91. The van der Waals surface area contributed by atoms with Crippen LogP contribution in [-0.4, -0.2) is 41.3 Å². The molecule has 4 rings (SSSR count). The van der Waals surface area contributed by atoms with Crippen molar-refractivity contribution in [3.05, 3.63) is 66.6 Å². The number of benzene rings is 2. The standard InChI is InChI=1S/C24H21N7O3/c1-32-19-11-17(12-20(33-2)21(19)34-3)30-24-28-14-27-23(31-24)18-8-5-9-26-22(18)29-16-7-4-6-15(10-16)13-25/h4-12,14H,1-3H3,(H,26,29)(H,27,28,30,31). The third-order valence-corrected chi connectivity index (χ3v) is 4.80. The van der Waals surface area contributed by atoms with Crippen molar-refractivity contribution in [3.8, 4) is 34.7 Å². The minimum atomic E-state index is 0.320. The van der Waals surface area contributed by atoms with Gasteiger partial charge in [0.2, 0.25) is 11.7 Å². The molecule has 0 radical (unpaired) electrons. The molecular formula is C24H21N7O3. The molecule has 0 fully saturated rings. The molecule has 10 heteroatoms. The van der Waals surface area contributed by atoms with E-state index >= 15 is 0 Å². The zero-order valence-corrected chi connectivity index (χ0v) is 18.7. The average Bonchev–Trinajstić information content (AvgIpc) is 2.88. The van der Waals surface area contributed by atoms with Gasteiger partial charge in [-0.25, -0.2) is 15.0 Å². The fraction of sp³-hybridized carbons (Fsp3) is 0.125. The van der Waals surface area contributed by atoms with Crippen molar-refractivity contribution in [2.24, 2.45) is 0 Å². The van der Waals surface area contributed by atoms with Crippen LogP contribution < -0.4 is 24.8 Å². The average molecular weight is 455 g/mol. The molecule has 2 aromatic heterocycles. The molecule has 0 atom stereocenters. The summed E-state index contributed by atoms with van der Waals surface area (Å²) in [6.45, 7) is 0. The number of methoxy groups -OCH3 is 3. The Kier molecular flexibility index (Phi) is 6.65. The summed E-state index contributed by atoms with van der Waals surface area (Å²) in [7, 11) is 4.64. The van der Waals surface area contributed by atoms with E-state index in [1.165, 1.54) is 6.33 Å². The Morgan fingerprint density at radius 2 is 1.62 bits per heavy atom. The molecule has 4 aromatic rings. The Morgan fingerprint density at radius 1 is 0.824 bits per heavy atom. The van der Waals surface area contributed by atoms with Crippen LogP contribution in [0.5, 0.6) is 17.2 Å². The number of pyridine rings is 1. The molecule has 0 amide bonds. The summed E-state index contributed by atoms with van der Waals surface area (Å²) in [5.41, 5.74) is 2.58. The van der Waals surface area contributed by atoms with Gasteiger partial charge in [0.25, 0.3) is 0 Å². The van der Waals surface area contributed by atoms with E-state index in [2.05, 4.69) is 36.6 Å². The summed E-state index contributed by atoms with van der Waals surface area (Å²) >= 11 is 0. The maximum Gasteiger partial charge on any atom is 0.230 e. The second-order valence-electron chi connectivity index (χ2n) is 6.89. The van der Waals surface area contributed by atoms with Crippen LogP contribution in [0.4, 0.5) is 23.1 Å². The smallest absolute Gasteiger partial charge is 0.230 e. The maximum atomic E-state index is 9.16. The highest BCUT2D eigenvalue weighted by atomic mass is 16.5. The van der Waals surface area contributed by atoms with Gasteiger partial charge in [-0.2, -0.15) is 10.2 Å². The largest absolute Gasteiger partial charge is 0.493 e. The molecule has 0 bridgehead atoms. The number of nitrogens with one attached hydrogen (secondary N) is 2. The fourth-order valence-electron chi connectivity index (χ4n) is 3.26. The van der Waals surface area contributed by atoms with E-state index in [-0.39, 0.29) is 0 Å². The van der Waals surface area contributed by atoms with Crippen LogP contribution in [0.15, 0.2) is 61.1 Å². The van der Waals surface area contributed by atoms with Crippen molar-refractivity contribution >= 4 is 23.1 Å². The Morgan fingerprint density at radius 3 is 2.32 bits per heavy atom. The van der Waals surface area contributed by atoms with Gasteiger partial charge in [-0.1, -0.05) is 6.07 Å². The summed E-state index contributed by atoms with van der Waals surface area (Å²) in [6, 6.07) is 16.4. The topological polar surface area (TPSA) is 127 Å². The maximum absolute atomic E-state index is 9.16. The van der Waals surface area contributed by atoms with Crippen molar-refractivity contribution in [2.45, 2.75) is 0 Å². The van der Waals surface area contributed by atoms with Crippen LogP contribution in [0, 0.1) is 11.3 Å². The Labute approximate surface area is 196 Å². The second kappa shape index (κ2) is 10.1. The van der Waals surface area contributed by atoms with Crippen LogP contribution in [0.3, 0.4) is 0 Å². The zero-order chi connectivity index (χ0) is 23.9. The number of ether oxygens (including phenoxy) is 3. The lowest BCUT2D eigenvalue weighted by Crippen LogP contribution is -2.03. The SMILES string of the molecule is COc1cc(Nc2ncnc(-c3cccnc3Nc3cccc(C#N)c3)n2)cc(OC)c1OC. The molecule has 170 valence electrons. The van der Waals surface area contributed by atoms with Crippen molar-refractivity contribution < 1.29 is 14.2 Å². The lowest BCUT2D eigenvalue weighted by atomic mass is 10.2. The van der Waals surface area contributed by atoms with E-state index in [0.717, 1.165) is 5.69 Å². The molecule has 34 heavy (non-hydrogen) atoms. The van der Waals surface area contributed by atoms with Gasteiger partial charge in [-0.05, 0) is 30.3 Å². The summed E-state index contributed by atoms with van der Waals surface area (Å²) in [5.74, 6) is 2.76. The highest BCUT2D eigenvalue weighted by Gasteiger charge is 2.15. The zero-order valence-electron chi connectivity index (χ0n) is 18.7. The van der Waals surface area contributed by atoms with Crippen LogP contribution in [0.1, 0.15) is 5.56 Å². The molecular weight excluding hydrogens is 434 g/mol. The quantitative estimate of drug-likeness (QED) is 0.396. The van der Waals surface area contributed by atoms with E-state index in [1.807, 2.05) is 12.1 Å². The number of aromatic nitrogens is 4. The molecule has 0 spiro atoms. The summed E-state index contributed by atoms with van der Waals surface area (Å²) < 4.78 is 16.2. The molecule has 0 saturated carbocycles. The normalized spacial score (nSPS) is 10.2. The summed E-state index contributed by atoms with van der Waals surface area (Å²) in [5, 5.41) is 15.5. The highest BCUT2D eigenvalue weighted by Crippen LogP contribution is 2.40. The molecule has 0 saturated heterocycles. The van der Waals surface area contributed by atoms with Crippen LogP contribution in [0.2, 0.25) is 0 Å². The second-order valence-corrected chi connectivity index (χ2v) is 6.89. The van der Waals surface area contributed by atoms with E-state index in [0.29, 0.717) is 51.7 Å². The highest BCUT2D eigenvalue weighted by molar-refractivity contribution is 5.75. The number of hydrogen-bond donors (Lipinski definition) is 2. The molecule has 0 aliphatic rings. The van der Waals surface area contributed by atoms with Crippen LogP contribution in [-0.2, 0) is 0 Å². The third kappa shape index (κ3) is 4.78. The Bertz CT molecular complexity index is 1330. The molecule has 2 heterocycles. The first-order valence-electron chi connectivity index (χ1n) is 10.1. The molecule has 0 aliphatic heterocycles. The van der Waals surface area contributed by atoms with Crippen molar-refractivity contribution in [3.63, 3.8) is 0 Å². The first kappa shape index (κ1) is 22.3. The molecule has 2 N–H and O–H groups in total. The van der Waals surface area contributed by atoms with Gasteiger partial charge in [0.05, 0.1) is 38.5 Å². The van der Waals surface area contributed by atoms with Gasteiger partial charge in [-0.15, -0.1) is 0 Å². The number of hydrogen-bond acceptors (Lipinski definition) is 10. The Balaban J connectivity index is 1.65. The minimum absolute atomic E-state index is 0.320. The molecule has 0 aliphatic carbocycles. The molecule has 0 unspecified atom stereocenters. The van der Waals surface area contributed by atoms with Gasteiger partial charge in [0, 0.05) is 29.7 Å². The van der Waals surface area contributed by atoms with Crippen molar-refractivity contribution in [1.82, 2.24) is 19.9 Å². The van der Waals surface area contributed by atoms with E-state index in [9.17, 15) is 0 Å². The van der Waals surface area contributed by atoms with Crippen molar-refractivity contribution in [1.29, 1.82) is 5.26 Å². The lowest BCUT2D eigenvalue weighted by Gasteiger charge is -2.15.